The highest BCUT2D eigenvalue weighted by atomic mass is 35.5. The molecule has 0 atom stereocenters. The fraction of sp³-hybridized carbons (Fsp3) is 0.385. The van der Waals surface area contributed by atoms with Gasteiger partial charge in [-0.2, -0.15) is 4.31 Å². The van der Waals surface area contributed by atoms with Gasteiger partial charge >= 0.3 is 0 Å². The number of rotatable bonds is 6. The van der Waals surface area contributed by atoms with Crippen molar-refractivity contribution in [2.24, 2.45) is 0 Å². The summed E-state index contributed by atoms with van der Waals surface area (Å²) in [5, 5.41) is 9.24. The van der Waals surface area contributed by atoms with Gasteiger partial charge in [0.15, 0.2) is 0 Å². The smallest absolute Gasteiger partial charge is 0.243 e. The Morgan fingerprint density at radius 1 is 1.47 bits per heavy atom. The fourth-order valence-electron chi connectivity index (χ4n) is 1.60. The van der Waals surface area contributed by atoms with Gasteiger partial charge in [-0.1, -0.05) is 30.5 Å². The van der Waals surface area contributed by atoms with Gasteiger partial charge in [0.05, 0.1) is 18.0 Å². The van der Waals surface area contributed by atoms with E-state index in [2.05, 4.69) is 5.92 Å². The molecule has 0 aliphatic carbocycles. The fourth-order valence-corrected chi connectivity index (χ4v) is 3.38. The van der Waals surface area contributed by atoms with Crippen LogP contribution in [0.25, 0.3) is 0 Å². The lowest BCUT2D eigenvalue weighted by Crippen LogP contribution is -2.32. The Bertz CT molecular complexity index is 578. The monoisotopic (exact) mass is 301 g/mol. The molecule has 19 heavy (non-hydrogen) atoms. The maximum Gasteiger partial charge on any atom is 0.243 e. The highest BCUT2D eigenvalue weighted by molar-refractivity contribution is 7.89. The van der Waals surface area contributed by atoms with E-state index in [1.165, 1.54) is 22.5 Å². The Kier molecular flexibility index (Phi) is 5.83. The quantitative estimate of drug-likeness (QED) is 0.816. The van der Waals surface area contributed by atoms with Gasteiger partial charge in [0, 0.05) is 11.6 Å². The van der Waals surface area contributed by atoms with Crippen molar-refractivity contribution >= 4 is 21.6 Å². The van der Waals surface area contributed by atoms with Crippen LogP contribution in [0.4, 0.5) is 0 Å². The minimum atomic E-state index is -3.65. The van der Waals surface area contributed by atoms with E-state index in [4.69, 9.17) is 23.1 Å². The lowest BCUT2D eigenvalue weighted by atomic mass is 10.2. The molecule has 1 aromatic rings. The van der Waals surface area contributed by atoms with Crippen molar-refractivity contribution < 1.29 is 13.5 Å². The van der Waals surface area contributed by atoms with Crippen molar-refractivity contribution in [2.45, 2.75) is 24.8 Å². The molecule has 1 aromatic carbocycles. The standard InChI is InChI=1S/C13H16ClNO3S/c1-3-7-15(8-4-2)19(17,18)12-6-5-11(10-16)13(14)9-12/h1,5-6,9,16H,4,7-8,10H2,2H3. The second-order valence-corrected chi connectivity index (χ2v) is 6.30. The number of hydrogen-bond acceptors (Lipinski definition) is 3. The molecule has 0 heterocycles. The zero-order chi connectivity index (χ0) is 14.5. The lowest BCUT2D eigenvalue weighted by Gasteiger charge is -2.19. The minimum Gasteiger partial charge on any atom is -0.392 e. The average molecular weight is 302 g/mol. The zero-order valence-corrected chi connectivity index (χ0v) is 12.2. The van der Waals surface area contributed by atoms with E-state index < -0.39 is 10.0 Å². The number of hydrogen-bond donors (Lipinski definition) is 1. The Balaban J connectivity index is 3.18. The summed E-state index contributed by atoms with van der Waals surface area (Å²) in [5.41, 5.74) is 0.486. The summed E-state index contributed by atoms with van der Waals surface area (Å²) in [6, 6.07) is 4.25. The number of aliphatic hydroxyl groups is 1. The summed E-state index contributed by atoms with van der Waals surface area (Å²) in [4.78, 5) is 0.0819. The van der Waals surface area contributed by atoms with Crippen LogP contribution in [0.15, 0.2) is 23.1 Å². The maximum atomic E-state index is 12.4. The van der Waals surface area contributed by atoms with Gasteiger partial charge in [-0.15, -0.1) is 6.42 Å². The highest BCUT2D eigenvalue weighted by Crippen LogP contribution is 2.23. The number of halogens is 1. The summed E-state index contributed by atoms with van der Waals surface area (Å²) in [6.45, 7) is 2.02. The van der Waals surface area contributed by atoms with Crippen LogP contribution in [0, 0.1) is 12.3 Å². The molecule has 1 rings (SSSR count). The predicted molar refractivity (Wildman–Crippen MR) is 75.3 cm³/mol. The second-order valence-electron chi connectivity index (χ2n) is 3.95. The molecule has 6 heteroatoms. The highest BCUT2D eigenvalue weighted by Gasteiger charge is 2.23. The molecule has 0 aliphatic heterocycles. The van der Waals surface area contributed by atoms with Gasteiger partial charge < -0.3 is 5.11 Å². The summed E-state index contributed by atoms with van der Waals surface area (Å²) in [7, 11) is -3.65. The topological polar surface area (TPSA) is 57.6 Å². The predicted octanol–water partition coefficient (Wildman–Crippen LogP) is 1.87. The third-order valence-electron chi connectivity index (χ3n) is 2.57. The van der Waals surface area contributed by atoms with Crippen LogP contribution in [0.5, 0.6) is 0 Å². The Morgan fingerprint density at radius 2 is 2.16 bits per heavy atom. The van der Waals surface area contributed by atoms with Gasteiger partial charge in [0.25, 0.3) is 0 Å². The molecular formula is C13H16ClNO3S. The number of nitrogens with zero attached hydrogens (tertiary/aromatic N) is 1. The van der Waals surface area contributed by atoms with Crippen LogP contribution in [-0.4, -0.2) is 30.9 Å². The SMILES string of the molecule is C#CCN(CCC)S(=O)(=O)c1ccc(CO)c(Cl)c1. The summed E-state index contributed by atoms with van der Waals surface area (Å²) in [5.74, 6) is 2.34. The molecule has 0 bridgehead atoms. The van der Waals surface area contributed by atoms with Crippen molar-refractivity contribution in [1.82, 2.24) is 4.31 Å². The van der Waals surface area contributed by atoms with Gasteiger partial charge in [-0.25, -0.2) is 8.42 Å². The summed E-state index contributed by atoms with van der Waals surface area (Å²) < 4.78 is 26.0. The number of benzene rings is 1. The molecule has 0 unspecified atom stereocenters. The summed E-state index contributed by atoms with van der Waals surface area (Å²) >= 11 is 5.91. The number of sulfonamides is 1. The van der Waals surface area contributed by atoms with E-state index in [1.807, 2.05) is 6.92 Å². The number of terminal acetylenes is 1. The molecule has 0 radical (unpaired) electrons. The van der Waals surface area contributed by atoms with E-state index in [9.17, 15) is 8.42 Å². The first-order valence-corrected chi connectivity index (χ1v) is 7.62. The summed E-state index contributed by atoms with van der Waals surface area (Å²) in [6.07, 6.45) is 5.86. The molecule has 1 N–H and O–H groups in total. The van der Waals surface area contributed by atoms with Crippen LogP contribution in [0.1, 0.15) is 18.9 Å². The van der Waals surface area contributed by atoms with Crippen molar-refractivity contribution in [3.8, 4) is 12.3 Å². The maximum absolute atomic E-state index is 12.4. The van der Waals surface area contributed by atoms with Gasteiger partial charge in [-0.05, 0) is 24.1 Å². The van der Waals surface area contributed by atoms with Gasteiger partial charge in [-0.3, -0.25) is 0 Å². The van der Waals surface area contributed by atoms with Crippen LogP contribution in [-0.2, 0) is 16.6 Å². The third kappa shape index (κ3) is 3.71. The van der Waals surface area contributed by atoms with Gasteiger partial charge in [0.1, 0.15) is 0 Å². The van der Waals surface area contributed by atoms with Crippen LogP contribution in [0.2, 0.25) is 5.02 Å². The Labute approximate surface area is 119 Å². The van der Waals surface area contributed by atoms with Crippen LogP contribution < -0.4 is 0 Å². The Hall–Kier alpha value is -1.06. The number of aliphatic hydroxyl groups excluding tert-OH is 1. The normalized spacial score (nSPS) is 11.5. The second kappa shape index (κ2) is 6.92. The first kappa shape index (κ1) is 16.0. The third-order valence-corrected chi connectivity index (χ3v) is 4.77. The van der Waals surface area contributed by atoms with E-state index in [1.54, 1.807) is 0 Å². The Morgan fingerprint density at radius 3 is 2.63 bits per heavy atom. The largest absolute Gasteiger partial charge is 0.392 e. The zero-order valence-electron chi connectivity index (χ0n) is 10.6. The lowest BCUT2D eigenvalue weighted by molar-refractivity contribution is 0.282. The van der Waals surface area contributed by atoms with E-state index in [0.29, 0.717) is 18.5 Å². The van der Waals surface area contributed by atoms with Crippen molar-refractivity contribution in [1.29, 1.82) is 0 Å². The van der Waals surface area contributed by atoms with E-state index in [0.717, 1.165) is 0 Å². The molecule has 0 amide bonds. The molecule has 0 aromatic heterocycles. The molecule has 0 spiro atoms. The van der Waals surface area contributed by atoms with E-state index >= 15 is 0 Å². The minimum absolute atomic E-state index is 0.0234. The van der Waals surface area contributed by atoms with Crippen LogP contribution >= 0.6 is 11.6 Å². The first-order valence-electron chi connectivity index (χ1n) is 5.80. The molecular weight excluding hydrogens is 286 g/mol. The van der Waals surface area contributed by atoms with Crippen molar-refractivity contribution in [3.63, 3.8) is 0 Å². The van der Waals surface area contributed by atoms with E-state index in [-0.39, 0.29) is 23.1 Å². The molecule has 0 saturated heterocycles. The molecule has 4 nitrogen and oxygen atoms in total. The molecule has 0 fully saturated rings. The van der Waals surface area contributed by atoms with Gasteiger partial charge in [0.2, 0.25) is 10.0 Å². The first-order chi connectivity index (χ1) is 8.97. The molecule has 104 valence electrons. The van der Waals surface area contributed by atoms with Crippen LogP contribution in [0.3, 0.4) is 0 Å². The average Bonchev–Trinajstić information content (AvgIpc) is 2.38. The van der Waals surface area contributed by atoms with Crippen molar-refractivity contribution in [2.75, 3.05) is 13.1 Å². The molecule has 0 saturated carbocycles. The molecule has 0 aliphatic rings. The van der Waals surface area contributed by atoms with Crippen molar-refractivity contribution in [3.05, 3.63) is 28.8 Å².